The van der Waals surface area contributed by atoms with Gasteiger partial charge in [-0.2, -0.15) is 0 Å². The molecule has 1 aromatic carbocycles. The number of Topliss-reactive ketones (excluding diaryl/α,β-unsaturated/α-hetero) is 2. The molecule has 0 N–H and O–H groups in total. The van der Waals surface area contributed by atoms with Crippen LogP contribution >= 0.6 is 0 Å². The number of para-hydroxylation sites is 1. The number of fused-ring (bicyclic) bond motifs is 5. The number of ketones is 2. The summed E-state index contributed by atoms with van der Waals surface area (Å²) in [6.45, 7) is 5.35. The number of carbonyl (C=O) groups excluding carboxylic acids is 2. The SMILES string of the molecule is CC/C1=C(\C(C)=O)C(C(C)=O)C2CCC(Cc3oc4ccccc4c31)C2. The van der Waals surface area contributed by atoms with Crippen molar-refractivity contribution in [1.82, 2.24) is 0 Å². The van der Waals surface area contributed by atoms with E-state index in [1.54, 1.807) is 13.8 Å². The summed E-state index contributed by atoms with van der Waals surface area (Å²) in [7, 11) is 0. The Kier molecular flexibility index (Phi) is 4.34. The Hall–Kier alpha value is -2.16. The molecule has 1 aromatic heterocycles. The first-order valence-electron chi connectivity index (χ1n) is 9.76. The first-order valence-corrected chi connectivity index (χ1v) is 9.76. The summed E-state index contributed by atoms with van der Waals surface area (Å²) in [6.07, 6.45) is 4.77. The Bertz CT molecular complexity index is 915. The van der Waals surface area contributed by atoms with Gasteiger partial charge in [0, 0.05) is 28.9 Å². The summed E-state index contributed by atoms with van der Waals surface area (Å²) < 4.78 is 6.26. The van der Waals surface area contributed by atoms with E-state index in [1.165, 1.54) is 0 Å². The quantitative estimate of drug-likeness (QED) is 0.748. The molecule has 1 heterocycles. The van der Waals surface area contributed by atoms with Crippen molar-refractivity contribution in [2.24, 2.45) is 17.8 Å². The number of hydrogen-bond donors (Lipinski definition) is 0. The molecule has 1 fully saturated rings. The number of carbonyl (C=O) groups is 2. The zero-order valence-electron chi connectivity index (χ0n) is 15.8. The highest BCUT2D eigenvalue weighted by Crippen LogP contribution is 2.47. The van der Waals surface area contributed by atoms with Gasteiger partial charge in [0.25, 0.3) is 0 Å². The Morgan fingerprint density at radius 3 is 2.62 bits per heavy atom. The Morgan fingerprint density at radius 2 is 1.92 bits per heavy atom. The van der Waals surface area contributed by atoms with Crippen LogP contribution in [0.4, 0.5) is 0 Å². The van der Waals surface area contributed by atoms with Crippen molar-refractivity contribution < 1.29 is 14.0 Å². The lowest BCUT2D eigenvalue weighted by molar-refractivity contribution is -0.123. The molecular weight excluding hydrogens is 324 g/mol. The predicted octanol–water partition coefficient (Wildman–Crippen LogP) is 5.36. The predicted molar refractivity (Wildman–Crippen MR) is 103 cm³/mol. The van der Waals surface area contributed by atoms with Crippen molar-refractivity contribution in [3.63, 3.8) is 0 Å². The Balaban J connectivity index is 2.08. The molecule has 2 aromatic rings. The molecule has 2 bridgehead atoms. The van der Waals surface area contributed by atoms with Gasteiger partial charge in [0.05, 0.1) is 0 Å². The van der Waals surface area contributed by atoms with Gasteiger partial charge in [0.1, 0.15) is 17.1 Å². The maximum Gasteiger partial charge on any atom is 0.156 e. The fourth-order valence-corrected chi connectivity index (χ4v) is 5.33. The molecule has 3 heteroatoms. The molecule has 0 spiro atoms. The second-order valence-corrected chi connectivity index (χ2v) is 7.93. The number of benzene rings is 1. The normalized spacial score (nSPS) is 28.3. The number of hydrogen-bond acceptors (Lipinski definition) is 3. The molecule has 1 saturated carbocycles. The van der Waals surface area contributed by atoms with Crippen LogP contribution in [-0.2, 0) is 16.0 Å². The summed E-state index contributed by atoms with van der Waals surface area (Å²) in [4.78, 5) is 25.4. The summed E-state index contributed by atoms with van der Waals surface area (Å²) in [6, 6.07) is 8.06. The molecule has 0 amide bonds. The first kappa shape index (κ1) is 17.3. The smallest absolute Gasteiger partial charge is 0.156 e. The van der Waals surface area contributed by atoms with Crippen LogP contribution < -0.4 is 0 Å². The van der Waals surface area contributed by atoms with Gasteiger partial charge in [-0.25, -0.2) is 0 Å². The van der Waals surface area contributed by atoms with Crippen LogP contribution in [-0.4, -0.2) is 11.6 Å². The van der Waals surface area contributed by atoms with Crippen LogP contribution in [0.1, 0.15) is 57.8 Å². The first-order chi connectivity index (χ1) is 12.5. The number of furan rings is 1. The van der Waals surface area contributed by atoms with E-state index >= 15 is 0 Å². The molecule has 3 nitrogen and oxygen atoms in total. The minimum absolute atomic E-state index is 0.0311. The van der Waals surface area contributed by atoms with Gasteiger partial charge < -0.3 is 4.42 Å². The zero-order chi connectivity index (χ0) is 18.4. The molecule has 3 unspecified atom stereocenters. The van der Waals surface area contributed by atoms with Crippen LogP contribution in [0.25, 0.3) is 16.5 Å². The summed E-state index contributed by atoms with van der Waals surface area (Å²) >= 11 is 0. The molecule has 4 rings (SSSR count). The maximum absolute atomic E-state index is 12.8. The molecule has 3 atom stereocenters. The topological polar surface area (TPSA) is 47.3 Å². The van der Waals surface area contributed by atoms with Crippen molar-refractivity contribution >= 4 is 28.1 Å². The van der Waals surface area contributed by atoms with Crippen molar-refractivity contribution in [3.8, 4) is 0 Å². The van der Waals surface area contributed by atoms with Crippen molar-refractivity contribution in [3.05, 3.63) is 41.2 Å². The highest BCUT2D eigenvalue weighted by Gasteiger charge is 2.40. The van der Waals surface area contributed by atoms with Crippen molar-refractivity contribution in [1.29, 1.82) is 0 Å². The third kappa shape index (κ3) is 2.65. The van der Waals surface area contributed by atoms with E-state index in [9.17, 15) is 9.59 Å². The third-order valence-electron chi connectivity index (χ3n) is 6.30. The van der Waals surface area contributed by atoms with Gasteiger partial charge in [0.2, 0.25) is 0 Å². The number of rotatable bonds is 3. The van der Waals surface area contributed by atoms with Crippen LogP contribution in [0, 0.1) is 17.8 Å². The Morgan fingerprint density at radius 1 is 1.15 bits per heavy atom. The summed E-state index contributed by atoms with van der Waals surface area (Å²) in [5, 5.41) is 1.07. The second kappa shape index (κ2) is 6.53. The molecular formula is C23H26O3. The van der Waals surface area contributed by atoms with Gasteiger partial charge in [-0.1, -0.05) is 25.1 Å². The van der Waals surface area contributed by atoms with E-state index in [0.29, 0.717) is 5.92 Å². The molecule has 136 valence electrons. The van der Waals surface area contributed by atoms with Crippen LogP contribution in [0.3, 0.4) is 0 Å². The highest BCUT2D eigenvalue weighted by atomic mass is 16.3. The lowest BCUT2D eigenvalue weighted by atomic mass is 9.76. The van der Waals surface area contributed by atoms with Gasteiger partial charge in [0.15, 0.2) is 5.78 Å². The number of allylic oxidation sites excluding steroid dienone is 2. The van der Waals surface area contributed by atoms with Crippen molar-refractivity contribution in [2.45, 2.75) is 52.9 Å². The van der Waals surface area contributed by atoms with Crippen LogP contribution in [0.5, 0.6) is 0 Å². The van der Waals surface area contributed by atoms with Crippen LogP contribution in [0.15, 0.2) is 34.3 Å². The van der Waals surface area contributed by atoms with Crippen LogP contribution in [0.2, 0.25) is 0 Å². The maximum atomic E-state index is 12.8. The van der Waals surface area contributed by atoms with Gasteiger partial charge in [-0.15, -0.1) is 0 Å². The zero-order valence-corrected chi connectivity index (χ0v) is 15.8. The second-order valence-electron chi connectivity index (χ2n) is 7.93. The van der Waals surface area contributed by atoms with Gasteiger partial charge in [-0.05, 0) is 63.0 Å². The highest BCUT2D eigenvalue weighted by molar-refractivity contribution is 6.09. The molecule has 2 aliphatic rings. The van der Waals surface area contributed by atoms with E-state index in [1.807, 2.05) is 18.2 Å². The minimum Gasteiger partial charge on any atom is -0.460 e. The monoisotopic (exact) mass is 350 g/mol. The largest absolute Gasteiger partial charge is 0.460 e. The van der Waals surface area contributed by atoms with E-state index in [-0.39, 0.29) is 23.4 Å². The average molecular weight is 350 g/mol. The molecule has 26 heavy (non-hydrogen) atoms. The lowest BCUT2D eigenvalue weighted by Gasteiger charge is -2.25. The van der Waals surface area contributed by atoms with E-state index in [2.05, 4.69) is 13.0 Å². The summed E-state index contributed by atoms with van der Waals surface area (Å²) in [5.41, 5.74) is 3.71. The van der Waals surface area contributed by atoms with Gasteiger partial charge in [-0.3, -0.25) is 9.59 Å². The standard InChI is InChI=1S/C23H26O3/c1-4-17-22(14(3)25)21(13(2)24)16-10-9-15(11-16)12-20-23(17)18-7-5-6-8-19(18)26-20/h5-8,15-16,21H,4,9-12H2,1-3H3/b22-17-. The van der Waals surface area contributed by atoms with E-state index in [0.717, 1.165) is 65.5 Å². The molecule has 2 aliphatic carbocycles. The fraction of sp³-hybridized carbons (Fsp3) is 0.478. The average Bonchev–Trinajstić information content (AvgIpc) is 3.20. The molecule has 0 radical (unpaired) electrons. The van der Waals surface area contributed by atoms with Gasteiger partial charge >= 0.3 is 0 Å². The third-order valence-corrected chi connectivity index (χ3v) is 6.30. The fourth-order valence-electron chi connectivity index (χ4n) is 5.33. The van der Waals surface area contributed by atoms with E-state index < -0.39 is 0 Å². The minimum atomic E-state index is -0.271. The lowest BCUT2D eigenvalue weighted by Crippen LogP contribution is -2.26. The molecule has 0 aliphatic heterocycles. The van der Waals surface area contributed by atoms with Crippen molar-refractivity contribution in [2.75, 3.05) is 0 Å². The Labute approximate surface area is 154 Å². The molecule has 0 saturated heterocycles. The van der Waals surface area contributed by atoms with E-state index in [4.69, 9.17) is 4.42 Å². The summed E-state index contributed by atoms with van der Waals surface area (Å²) in [5.74, 6) is 1.70.